The van der Waals surface area contributed by atoms with E-state index in [1.54, 1.807) is 4.90 Å². The van der Waals surface area contributed by atoms with E-state index in [2.05, 4.69) is 19.2 Å². The summed E-state index contributed by atoms with van der Waals surface area (Å²) in [6, 6.07) is -0.393. The van der Waals surface area contributed by atoms with Crippen molar-refractivity contribution in [1.82, 2.24) is 10.2 Å². The topological polar surface area (TPSA) is 49.4 Å². The molecule has 1 aliphatic heterocycles. The third-order valence-corrected chi connectivity index (χ3v) is 4.83. The molecule has 0 aromatic rings. The van der Waals surface area contributed by atoms with Gasteiger partial charge in [-0.3, -0.25) is 9.59 Å². The highest BCUT2D eigenvalue weighted by molar-refractivity contribution is 6.25. The quantitative estimate of drug-likeness (QED) is 0.848. The van der Waals surface area contributed by atoms with Crippen LogP contribution in [0.25, 0.3) is 0 Å². The Morgan fingerprint density at radius 2 is 2.10 bits per heavy atom. The SMILES string of the molecule is CC(=CCl)CN1C(=O)C(C)(C2CC2)NC(=O)C1CC(C)C. The molecule has 2 atom stereocenters. The summed E-state index contributed by atoms with van der Waals surface area (Å²) in [5.74, 6) is 0.631. The van der Waals surface area contributed by atoms with Crippen LogP contribution in [0.3, 0.4) is 0 Å². The molecular weight excluding hydrogens is 288 g/mol. The van der Waals surface area contributed by atoms with E-state index in [1.165, 1.54) is 5.54 Å². The Kier molecular flexibility index (Phi) is 4.66. The number of carbonyl (C=O) groups excluding carboxylic acids is 2. The minimum absolute atomic E-state index is 0.0277. The first kappa shape index (κ1) is 16.3. The lowest BCUT2D eigenvalue weighted by molar-refractivity contribution is -0.155. The van der Waals surface area contributed by atoms with E-state index in [0.29, 0.717) is 18.9 Å². The molecule has 2 fully saturated rings. The number of nitrogens with zero attached hydrogens (tertiary/aromatic N) is 1. The van der Waals surface area contributed by atoms with E-state index in [-0.39, 0.29) is 17.7 Å². The lowest BCUT2D eigenvalue weighted by Crippen LogP contribution is -2.70. The van der Waals surface area contributed by atoms with Gasteiger partial charge in [0, 0.05) is 12.1 Å². The monoisotopic (exact) mass is 312 g/mol. The van der Waals surface area contributed by atoms with Gasteiger partial charge in [-0.2, -0.15) is 0 Å². The first-order chi connectivity index (χ1) is 9.79. The standard InChI is InChI=1S/C16H25ClN2O2/c1-10(2)7-13-14(20)18-16(4,12-5-6-12)15(21)19(13)9-11(3)8-17/h8,10,12-13H,5-7,9H2,1-4H3,(H,18,20). The van der Waals surface area contributed by atoms with E-state index in [9.17, 15) is 9.59 Å². The highest BCUT2D eigenvalue weighted by Crippen LogP contribution is 2.42. The second-order valence-electron chi connectivity index (χ2n) is 7.00. The van der Waals surface area contributed by atoms with Crippen LogP contribution in [0.15, 0.2) is 11.1 Å². The minimum Gasteiger partial charge on any atom is -0.340 e. The van der Waals surface area contributed by atoms with Gasteiger partial charge in [-0.25, -0.2) is 0 Å². The molecule has 0 aromatic carbocycles. The van der Waals surface area contributed by atoms with Crippen molar-refractivity contribution in [3.63, 3.8) is 0 Å². The second kappa shape index (κ2) is 5.99. The number of piperazine rings is 1. The number of amides is 2. The first-order valence-electron chi connectivity index (χ1n) is 7.68. The van der Waals surface area contributed by atoms with Gasteiger partial charge in [0.05, 0.1) is 0 Å². The molecule has 0 spiro atoms. The number of hydrogen-bond acceptors (Lipinski definition) is 2. The maximum Gasteiger partial charge on any atom is 0.249 e. The summed E-state index contributed by atoms with van der Waals surface area (Å²) >= 11 is 5.75. The van der Waals surface area contributed by atoms with E-state index in [1.807, 2.05) is 13.8 Å². The van der Waals surface area contributed by atoms with Crippen molar-refractivity contribution in [3.05, 3.63) is 11.1 Å². The molecule has 0 aromatic heterocycles. The van der Waals surface area contributed by atoms with Crippen LogP contribution in [0.4, 0.5) is 0 Å². The summed E-state index contributed by atoms with van der Waals surface area (Å²) in [7, 11) is 0. The van der Waals surface area contributed by atoms with Crippen molar-refractivity contribution in [2.24, 2.45) is 11.8 Å². The van der Waals surface area contributed by atoms with Crippen LogP contribution in [0.5, 0.6) is 0 Å². The number of carbonyl (C=O) groups is 2. The fourth-order valence-electron chi connectivity index (χ4n) is 3.08. The fourth-order valence-corrected chi connectivity index (χ4v) is 3.15. The number of nitrogens with one attached hydrogen (secondary N) is 1. The Balaban J connectivity index is 2.29. The maximum absolute atomic E-state index is 13.0. The van der Waals surface area contributed by atoms with Crippen LogP contribution >= 0.6 is 11.6 Å². The van der Waals surface area contributed by atoms with Gasteiger partial charge in [0.1, 0.15) is 11.6 Å². The zero-order valence-corrected chi connectivity index (χ0v) is 14.0. The van der Waals surface area contributed by atoms with Gasteiger partial charge in [0.25, 0.3) is 0 Å². The van der Waals surface area contributed by atoms with Gasteiger partial charge in [-0.15, -0.1) is 0 Å². The molecule has 1 saturated heterocycles. The highest BCUT2D eigenvalue weighted by atomic mass is 35.5. The smallest absolute Gasteiger partial charge is 0.249 e. The van der Waals surface area contributed by atoms with E-state index < -0.39 is 11.6 Å². The molecular formula is C16H25ClN2O2. The van der Waals surface area contributed by atoms with E-state index >= 15 is 0 Å². The highest BCUT2D eigenvalue weighted by Gasteiger charge is 2.55. The molecule has 2 aliphatic rings. The molecule has 0 radical (unpaired) electrons. The molecule has 4 nitrogen and oxygen atoms in total. The van der Waals surface area contributed by atoms with Gasteiger partial charge in [0.15, 0.2) is 0 Å². The Labute approximate surface area is 131 Å². The van der Waals surface area contributed by atoms with Crippen molar-refractivity contribution in [1.29, 1.82) is 0 Å². The zero-order valence-electron chi connectivity index (χ0n) is 13.3. The van der Waals surface area contributed by atoms with Crippen molar-refractivity contribution in [2.75, 3.05) is 6.54 Å². The lowest BCUT2D eigenvalue weighted by atomic mass is 9.87. The summed E-state index contributed by atoms with van der Waals surface area (Å²) in [5.41, 5.74) is 1.64. The summed E-state index contributed by atoms with van der Waals surface area (Å²) in [5, 5.41) is 3.00. The van der Waals surface area contributed by atoms with Gasteiger partial charge in [-0.1, -0.05) is 25.4 Å². The Bertz CT molecular complexity index is 471. The van der Waals surface area contributed by atoms with Gasteiger partial charge in [-0.05, 0) is 50.5 Å². The molecule has 1 saturated carbocycles. The zero-order chi connectivity index (χ0) is 15.8. The Morgan fingerprint density at radius 1 is 1.48 bits per heavy atom. The number of hydrogen-bond donors (Lipinski definition) is 1. The van der Waals surface area contributed by atoms with Crippen molar-refractivity contribution < 1.29 is 9.59 Å². The van der Waals surface area contributed by atoms with Gasteiger partial charge in [0.2, 0.25) is 11.8 Å². The number of halogens is 1. The first-order valence-corrected chi connectivity index (χ1v) is 8.12. The second-order valence-corrected chi connectivity index (χ2v) is 7.22. The van der Waals surface area contributed by atoms with Crippen LogP contribution in [-0.4, -0.2) is 34.8 Å². The molecule has 5 heteroatoms. The van der Waals surface area contributed by atoms with E-state index in [0.717, 1.165) is 18.4 Å². The summed E-state index contributed by atoms with van der Waals surface area (Å²) in [6.45, 7) is 8.30. The molecule has 1 heterocycles. The average Bonchev–Trinajstić information content (AvgIpc) is 3.24. The molecule has 2 rings (SSSR count). The minimum atomic E-state index is -0.739. The van der Waals surface area contributed by atoms with Gasteiger partial charge >= 0.3 is 0 Å². The summed E-state index contributed by atoms with van der Waals surface area (Å²) in [4.78, 5) is 27.2. The molecule has 21 heavy (non-hydrogen) atoms. The summed E-state index contributed by atoms with van der Waals surface area (Å²) < 4.78 is 0. The Morgan fingerprint density at radius 3 is 2.57 bits per heavy atom. The van der Waals surface area contributed by atoms with Crippen molar-refractivity contribution >= 4 is 23.4 Å². The molecule has 0 bridgehead atoms. The predicted molar refractivity (Wildman–Crippen MR) is 83.8 cm³/mol. The summed E-state index contributed by atoms with van der Waals surface area (Å²) in [6.07, 6.45) is 2.69. The van der Waals surface area contributed by atoms with Crippen molar-refractivity contribution in [3.8, 4) is 0 Å². The van der Waals surface area contributed by atoms with Gasteiger partial charge < -0.3 is 10.2 Å². The molecule has 2 unspecified atom stereocenters. The van der Waals surface area contributed by atoms with Crippen LogP contribution in [0.1, 0.15) is 47.0 Å². The predicted octanol–water partition coefficient (Wildman–Crippen LogP) is 2.67. The van der Waals surface area contributed by atoms with Crippen LogP contribution in [0, 0.1) is 11.8 Å². The Hall–Kier alpha value is -1.03. The van der Waals surface area contributed by atoms with Crippen LogP contribution < -0.4 is 5.32 Å². The molecule has 1 aliphatic carbocycles. The van der Waals surface area contributed by atoms with Crippen LogP contribution in [0.2, 0.25) is 0 Å². The lowest BCUT2D eigenvalue weighted by Gasteiger charge is -2.45. The number of rotatable bonds is 5. The molecule has 1 N–H and O–H groups in total. The third-order valence-electron chi connectivity index (χ3n) is 4.46. The normalized spacial score (nSPS) is 30.9. The molecule has 2 amide bonds. The molecule has 118 valence electrons. The van der Waals surface area contributed by atoms with Crippen LogP contribution in [-0.2, 0) is 9.59 Å². The van der Waals surface area contributed by atoms with E-state index in [4.69, 9.17) is 11.6 Å². The fraction of sp³-hybridized carbons (Fsp3) is 0.750. The average molecular weight is 313 g/mol. The van der Waals surface area contributed by atoms with Crippen molar-refractivity contribution in [2.45, 2.75) is 58.5 Å². The largest absolute Gasteiger partial charge is 0.340 e. The third kappa shape index (κ3) is 3.25. The maximum atomic E-state index is 13.0.